The molecule has 1 aliphatic heterocycles. The number of rotatable bonds is 5. The Balaban J connectivity index is 1.52. The van der Waals surface area contributed by atoms with E-state index in [9.17, 15) is 4.79 Å². The summed E-state index contributed by atoms with van der Waals surface area (Å²) in [4.78, 5) is 17.2. The van der Waals surface area contributed by atoms with E-state index in [-0.39, 0.29) is 24.3 Å². The second-order valence-corrected chi connectivity index (χ2v) is 7.51. The molecule has 2 aromatic carbocycles. The number of amides is 1. The first-order valence-electron chi connectivity index (χ1n) is 9.48. The summed E-state index contributed by atoms with van der Waals surface area (Å²) in [5.74, 6) is 1.19. The first-order valence-corrected chi connectivity index (χ1v) is 9.48. The third-order valence-electron chi connectivity index (χ3n) is 5.62. The Labute approximate surface area is 164 Å². The number of fused-ring (bicyclic) bond motifs is 1. The summed E-state index contributed by atoms with van der Waals surface area (Å²) >= 11 is 0. The Morgan fingerprint density at radius 3 is 2.64 bits per heavy atom. The quantitative estimate of drug-likeness (QED) is 0.682. The van der Waals surface area contributed by atoms with Crippen molar-refractivity contribution in [3.63, 3.8) is 0 Å². The van der Waals surface area contributed by atoms with Crippen LogP contribution in [-0.2, 0) is 11.2 Å². The summed E-state index contributed by atoms with van der Waals surface area (Å²) in [5, 5.41) is 5.02. The number of carbonyl (C=O) groups excluding carboxylic acids is 1. The van der Waals surface area contributed by atoms with Crippen LogP contribution in [0.4, 0.5) is 0 Å². The Kier molecular flexibility index (Phi) is 5.05. The molecular weight excluding hydrogens is 354 g/mol. The van der Waals surface area contributed by atoms with Gasteiger partial charge in [-0.2, -0.15) is 0 Å². The van der Waals surface area contributed by atoms with Crippen molar-refractivity contribution in [2.45, 2.75) is 18.4 Å². The van der Waals surface area contributed by atoms with E-state index in [1.54, 1.807) is 7.11 Å². The third kappa shape index (κ3) is 3.47. The van der Waals surface area contributed by atoms with Gasteiger partial charge >= 0.3 is 0 Å². The second-order valence-electron chi connectivity index (χ2n) is 7.51. The predicted octanol–water partition coefficient (Wildman–Crippen LogP) is 2.94. The number of ether oxygens (including phenoxy) is 1. The summed E-state index contributed by atoms with van der Waals surface area (Å²) in [6.45, 7) is 1.40. The van der Waals surface area contributed by atoms with Crippen LogP contribution < -0.4 is 4.74 Å². The molecule has 3 aromatic rings. The number of hydrogen-bond acceptors (Lipinski definition) is 5. The lowest BCUT2D eigenvalue weighted by Gasteiger charge is -2.25. The van der Waals surface area contributed by atoms with E-state index in [1.807, 2.05) is 41.3 Å². The van der Waals surface area contributed by atoms with Crippen molar-refractivity contribution < 1.29 is 14.1 Å². The van der Waals surface area contributed by atoms with Crippen LogP contribution in [0.5, 0.6) is 5.75 Å². The number of likely N-dealkylation sites (N-methyl/N-ethyl adjacent to an activating group) is 1. The van der Waals surface area contributed by atoms with Gasteiger partial charge in [0.2, 0.25) is 5.91 Å². The van der Waals surface area contributed by atoms with Crippen LogP contribution in [0.1, 0.15) is 17.2 Å². The standard InChI is InChI=1S/C22H25N3O3/c1-24(2)20-14-25(13-18(20)15-8-10-16(27-3)11-9-15)22(26)12-19-17-6-4-5-7-21(17)28-23-19/h4-11,18,20H,12-14H2,1-3H3/t18-,20+/m0/s1. The lowest BCUT2D eigenvalue weighted by Crippen LogP contribution is -2.36. The number of aromatic nitrogens is 1. The van der Waals surface area contributed by atoms with Gasteiger partial charge in [0.05, 0.1) is 13.5 Å². The van der Waals surface area contributed by atoms with Crippen LogP contribution in [0, 0.1) is 0 Å². The Hall–Kier alpha value is -2.86. The average molecular weight is 379 g/mol. The molecule has 0 radical (unpaired) electrons. The fourth-order valence-corrected chi connectivity index (χ4v) is 4.01. The molecule has 1 amide bonds. The molecule has 0 spiro atoms. The molecule has 1 aromatic heterocycles. The number of para-hydroxylation sites is 1. The molecule has 4 rings (SSSR count). The largest absolute Gasteiger partial charge is 0.497 e. The first kappa shape index (κ1) is 18.5. The molecule has 2 atom stereocenters. The van der Waals surface area contributed by atoms with Gasteiger partial charge in [-0.3, -0.25) is 4.79 Å². The predicted molar refractivity (Wildman–Crippen MR) is 108 cm³/mol. The monoisotopic (exact) mass is 379 g/mol. The van der Waals surface area contributed by atoms with Gasteiger partial charge in [-0.25, -0.2) is 0 Å². The molecule has 6 heteroatoms. The zero-order valence-corrected chi connectivity index (χ0v) is 16.5. The molecule has 1 fully saturated rings. The third-order valence-corrected chi connectivity index (χ3v) is 5.62. The van der Waals surface area contributed by atoms with E-state index in [1.165, 1.54) is 5.56 Å². The molecular formula is C22H25N3O3. The second kappa shape index (κ2) is 7.64. The highest BCUT2D eigenvalue weighted by molar-refractivity contribution is 5.86. The van der Waals surface area contributed by atoms with Crippen molar-refractivity contribution in [2.24, 2.45) is 0 Å². The molecule has 1 saturated heterocycles. The Bertz CT molecular complexity index is 965. The maximum Gasteiger partial charge on any atom is 0.228 e. The summed E-state index contributed by atoms with van der Waals surface area (Å²) < 4.78 is 10.6. The molecule has 0 aliphatic carbocycles. The van der Waals surface area contributed by atoms with Gasteiger partial charge in [0.15, 0.2) is 5.58 Å². The van der Waals surface area contributed by atoms with Crippen LogP contribution in [0.15, 0.2) is 53.1 Å². The fraction of sp³-hybridized carbons (Fsp3) is 0.364. The normalized spacial score (nSPS) is 19.5. The van der Waals surface area contributed by atoms with E-state index in [0.29, 0.717) is 24.4 Å². The van der Waals surface area contributed by atoms with Crippen molar-refractivity contribution >= 4 is 16.9 Å². The van der Waals surface area contributed by atoms with Crippen molar-refractivity contribution in [1.82, 2.24) is 15.0 Å². The number of nitrogens with zero attached hydrogens (tertiary/aromatic N) is 3. The molecule has 0 bridgehead atoms. The van der Waals surface area contributed by atoms with Gasteiger partial charge in [0.1, 0.15) is 11.4 Å². The van der Waals surface area contributed by atoms with E-state index in [4.69, 9.17) is 9.26 Å². The van der Waals surface area contributed by atoms with Crippen molar-refractivity contribution in [3.8, 4) is 5.75 Å². The minimum Gasteiger partial charge on any atom is -0.497 e. The number of hydrogen-bond donors (Lipinski definition) is 0. The molecule has 6 nitrogen and oxygen atoms in total. The van der Waals surface area contributed by atoms with Gasteiger partial charge in [-0.1, -0.05) is 29.4 Å². The number of methoxy groups -OCH3 is 1. The highest BCUT2D eigenvalue weighted by atomic mass is 16.5. The summed E-state index contributed by atoms with van der Waals surface area (Å²) in [6.07, 6.45) is 0.256. The smallest absolute Gasteiger partial charge is 0.228 e. The highest BCUT2D eigenvalue weighted by Crippen LogP contribution is 2.32. The highest BCUT2D eigenvalue weighted by Gasteiger charge is 2.37. The zero-order chi connectivity index (χ0) is 19.7. The number of carbonyl (C=O) groups is 1. The fourth-order valence-electron chi connectivity index (χ4n) is 4.01. The van der Waals surface area contributed by atoms with Gasteiger partial charge in [-0.15, -0.1) is 0 Å². The van der Waals surface area contributed by atoms with E-state index >= 15 is 0 Å². The lowest BCUT2D eigenvalue weighted by molar-refractivity contribution is -0.129. The molecule has 1 aliphatic rings. The maximum atomic E-state index is 13.0. The summed E-state index contributed by atoms with van der Waals surface area (Å²) in [6, 6.07) is 16.1. The van der Waals surface area contributed by atoms with Crippen LogP contribution in [0.25, 0.3) is 11.0 Å². The van der Waals surface area contributed by atoms with Crippen molar-refractivity contribution in [2.75, 3.05) is 34.3 Å². The average Bonchev–Trinajstić information content (AvgIpc) is 3.33. The van der Waals surface area contributed by atoms with Crippen LogP contribution in [0.2, 0.25) is 0 Å². The molecule has 0 unspecified atom stereocenters. The van der Waals surface area contributed by atoms with E-state index in [2.05, 4.69) is 36.3 Å². The lowest BCUT2D eigenvalue weighted by atomic mass is 9.93. The minimum atomic E-state index is 0.0851. The van der Waals surface area contributed by atoms with Gasteiger partial charge in [-0.05, 0) is 43.9 Å². The maximum absolute atomic E-state index is 13.0. The van der Waals surface area contributed by atoms with Gasteiger partial charge in [0, 0.05) is 30.4 Å². The van der Waals surface area contributed by atoms with E-state index < -0.39 is 0 Å². The Morgan fingerprint density at radius 1 is 1.18 bits per heavy atom. The molecule has 2 heterocycles. The van der Waals surface area contributed by atoms with Gasteiger partial charge < -0.3 is 19.1 Å². The van der Waals surface area contributed by atoms with Crippen molar-refractivity contribution in [3.05, 3.63) is 59.8 Å². The molecule has 146 valence electrons. The summed E-state index contributed by atoms with van der Waals surface area (Å²) in [5.41, 5.74) is 2.64. The van der Waals surface area contributed by atoms with Gasteiger partial charge in [0.25, 0.3) is 0 Å². The number of benzene rings is 2. The molecule has 28 heavy (non-hydrogen) atoms. The van der Waals surface area contributed by atoms with Crippen LogP contribution in [-0.4, -0.2) is 61.2 Å². The Morgan fingerprint density at radius 2 is 1.93 bits per heavy atom. The number of likely N-dealkylation sites (tertiary alicyclic amines) is 1. The van der Waals surface area contributed by atoms with Crippen LogP contribution in [0.3, 0.4) is 0 Å². The molecule has 0 N–H and O–H groups in total. The SMILES string of the molecule is COc1ccc([C@@H]2CN(C(=O)Cc3noc4ccccc34)C[C@H]2N(C)C)cc1. The minimum absolute atomic E-state index is 0.0851. The first-order chi connectivity index (χ1) is 13.6. The topological polar surface area (TPSA) is 58.8 Å². The molecule has 0 saturated carbocycles. The van der Waals surface area contributed by atoms with Crippen molar-refractivity contribution in [1.29, 1.82) is 0 Å². The zero-order valence-electron chi connectivity index (χ0n) is 16.5. The van der Waals surface area contributed by atoms with Crippen LogP contribution >= 0.6 is 0 Å². The van der Waals surface area contributed by atoms with E-state index in [0.717, 1.165) is 11.1 Å². The summed E-state index contributed by atoms with van der Waals surface area (Å²) in [7, 11) is 5.81.